The highest BCUT2D eigenvalue weighted by atomic mass is 35.5. The van der Waals surface area contributed by atoms with E-state index in [4.69, 9.17) is 21.3 Å². The fourth-order valence-corrected chi connectivity index (χ4v) is 4.05. The van der Waals surface area contributed by atoms with Gasteiger partial charge < -0.3 is 19.6 Å². The molecule has 2 heterocycles. The number of pyridine rings is 1. The SMILES string of the molecule is CCOC(=O)CCCn1c(Nc2ccc[nH]c2=O)nc2c(Cl)ccc(C(CC)CC)c21. The van der Waals surface area contributed by atoms with E-state index in [1.165, 1.54) is 5.56 Å². The molecule has 1 aromatic carbocycles. The Labute approximate surface area is 186 Å². The van der Waals surface area contributed by atoms with Gasteiger partial charge in [0.25, 0.3) is 5.56 Å². The lowest BCUT2D eigenvalue weighted by Crippen LogP contribution is -2.14. The maximum atomic E-state index is 12.2. The molecule has 0 bridgehead atoms. The van der Waals surface area contributed by atoms with Gasteiger partial charge in [-0.05, 0) is 55.9 Å². The van der Waals surface area contributed by atoms with E-state index in [0.717, 1.165) is 18.4 Å². The van der Waals surface area contributed by atoms with Crippen LogP contribution in [0, 0.1) is 0 Å². The quantitative estimate of drug-likeness (QED) is 0.410. The number of aromatic amines is 1. The predicted molar refractivity (Wildman–Crippen MR) is 124 cm³/mol. The standard InChI is InChI=1S/C23H29ClN4O3/c1-4-15(5-2)16-11-12-17(24)20-21(16)28(14-8-10-19(29)31-6-3)23(27-20)26-18-9-7-13-25-22(18)30/h7,9,11-13,15H,4-6,8,10,14H2,1-3H3,(H,25,30)(H,26,27). The van der Waals surface area contributed by atoms with Crippen molar-refractivity contribution in [1.82, 2.24) is 14.5 Å². The number of halogens is 1. The summed E-state index contributed by atoms with van der Waals surface area (Å²) >= 11 is 6.52. The molecular weight excluding hydrogens is 416 g/mol. The number of nitrogens with one attached hydrogen (secondary N) is 2. The van der Waals surface area contributed by atoms with Crippen LogP contribution in [0.1, 0.15) is 57.9 Å². The molecule has 0 saturated heterocycles. The van der Waals surface area contributed by atoms with Crippen molar-refractivity contribution in [3.8, 4) is 0 Å². The molecule has 0 saturated carbocycles. The zero-order chi connectivity index (χ0) is 22.4. The monoisotopic (exact) mass is 444 g/mol. The van der Waals surface area contributed by atoms with Gasteiger partial charge in [0, 0.05) is 19.2 Å². The molecule has 0 radical (unpaired) electrons. The molecular formula is C23H29ClN4O3. The normalized spacial score (nSPS) is 11.3. The minimum Gasteiger partial charge on any atom is -0.466 e. The van der Waals surface area contributed by atoms with Crippen molar-refractivity contribution in [3.05, 3.63) is 51.4 Å². The predicted octanol–water partition coefficient (Wildman–Crippen LogP) is 5.37. The van der Waals surface area contributed by atoms with Crippen molar-refractivity contribution < 1.29 is 9.53 Å². The second kappa shape index (κ2) is 10.5. The second-order valence-electron chi connectivity index (χ2n) is 7.38. The zero-order valence-corrected chi connectivity index (χ0v) is 19.0. The van der Waals surface area contributed by atoms with Crippen molar-refractivity contribution in [2.24, 2.45) is 0 Å². The van der Waals surface area contributed by atoms with Gasteiger partial charge in [0.15, 0.2) is 0 Å². The fourth-order valence-electron chi connectivity index (χ4n) is 3.86. The van der Waals surface area contributed by atoms with Crippen molar-refractivity contribution in [2.45, 2.75) is 58.9 Å². The number of imidazole rings is 1. The number of anilines is 2. The first-order valence-corrected chi connectivity index (χ1v) is 11.2. The Bertz CT molecular complexity index is 1100. The van der Waals surface area contributed by atoms with E-state index in [9.17, 15) is 9.59 Å². The molecule has 0 fully saturated rings. The smallest absolute Gasteiger partial charge is 0.305 e. The Kier molecular flexibility index (Phi) is 7.74. The summed E-state index contributed by atoms with van der Waals surface area (Å²) in [4.78, 5) is 31.5. The van der Waals surface area contributed by atoms with Crippen molar-refractivity contribution >= 4 is 40.2 Å². The first kappa shape index (κ1) is 22.9. The number of esters is 1. The molecule has 8 heteroatoms. The summed E-state index contributed by atoms with van der Waals surface area (Å²) < 4.78 is 7.09. The number of benzene rings is 1. The molecule has 2 N–H and O–H groups in total. The van der Waals surface area contributed by atoms with Crippen LogP contribution in [0.15, 0.2) is 35.3 Å². The molecule has 3 aromatic rings. The molecule has 0 amide bonds. The summed E-state index contributed by atoms with van der Waals surface area (Å²) in [6.07, 6.45) is 4.45. The molecule has 0 aliphatic heterocycles. The van der Waals surface area contributed by atoms with Gasteiger partial charge in [-0.1, -0.05) is 31.5 Å². The molecule has 0 aliphatic carbocycles. The van der Waals surface area contributed by atoms with E-state index in [2.05, 4.69) is 30.2 Å². The van der Waals surface area contributed by atoms with Crippen LogP contribution in [-0.4, -0.2) is 27.1 Å². The summed E-state index contributed by atoms with van der Waals surface area (Å²) in [6.45, 7) is 7.03. The molecule has 2 aromatic heterocycles. The summed E-state index contributed by atoms with van der Waals surface area (Å²) in [6, 6.07) is 7.39. The highest BCUT2D eigenvalue weighted by Crippen LogP contribution is 2.36. The Balaban J connectivity index is 2.09. The largest absolute Gasteiger partial charge is 0.466 e. The van der Waals surface area contributed by atoms with Crippen LogP contribution in [0.2, 0.25) is 5.02 Å². The molecule has 3 rings (SSSR count). The molecule has 166 valence electrons. The molecule has 31 heavy (non-hydrogen) atoms. The lowest BCUT2D eigenvalue weighted by molar-refractivity contribution is -0.143. The van der Waals surface area contributed by atoms with Crippen LogP contribution in [-0.2, 0) is 16.1 Å². The van der Waals surface area contributed by atoms with Crippen LogP contribution in [0.3, 0.4) is 0 Å². The molecule has 0 spiro atoms. The van der Waals surface area contributed by atoms with Gasteiger partial charge in [0.2, 0.25) is 5.95 Å². The van der Waals surface area contributed by atoms with Gasteiger partial charge in [-0.2, -0.15) is 0 Å². The number of hydrogen-bond acceptors (Lipinski definition) is 5. The number of H-pyrrole nitrogens is 1. The Hall–Kier alpha value is -2.80. The molecule has 0 unspecified atom stereocenters. The van der Waals surface area contributed by atoms with Crippen LogP contribution in [0.5, 0.6) is 0 Å². The summed E-state index contributed by atoms with van der Waals surface area (Å²) in [5, 5.41) is 3.71. The van der Waals surface area contributed by atoms with Gasteiger partial charge in [0.05, 0.1) is 17.1 Å². The number of nitrogens with zero attached hydrogens (tertiary/aromatic N) is 2. The minimum atomic E-state index is -0.237. The van der Waals surface area contributed by atoms with Crippen LogP contribution in [0.25, 0.3) is 11.0 Å². The van der Waals surface area contributed by atoms with E-state index in [1.54, 1.807) is 25.3 Å². The number of carbonyl (C=O) groups is 1. The third-order valence-electron chi connectivity index (χ3n) is 5.43. The Morgan fingerprint density at radius 2 is 2.03 bits per heavy atom. The van der Waals surface area contributed by atoms with Crippen molar-refractivity contribution in [3.63, 3.8) is 0 Å². The number of aromatic nitrogens is 3. The first-order valence-electron chi connectivity index (χ1n) is 10.8. The molecule has 0 aliphatic rings. The lowest BCUT2D eigenvalue weighted by atomic mass is 9.93. The van der Waals surface area contributed by atoms with Crippen LogP contribution < -0.4 is 10.9 Å². The Morgan fingerprint density at radius 3 is 2.71 bits per heavy atom. The van der Waals surface area contributed by atoms with E-state index >= 15 is 0 Å². The number of ether oxygens (including phenoxy) is 1. The highest BCUT2D eigenvalue weighted by Gasteiger charge is 2.21. The van der Waals surface area contributed by atoms with Crippen molar-refractivity contribution in [1.29, 1.82) is 0 Å². The summed E-state index contributed by atoms with van der Waals surface area (Å²) in [7, 11) is 0. The van der Waals surface area contributed by atoms with E-state index in [0.29, 0.717) is 54.1 Å². The number of aryl methyl sites for hydroxylation is 1. The van der Waals surface area contributed by atoms with E-state index < -0.39 is 0 Å². The van der Waals surface area contributed by atoms with Crippen LogP contribution in [0.4, 0.5) is 11.6 Å². The highest BCUT2D eigenvalue weighted by molar-refractivity contribution is 6.35. The zero-order valence-electron chi connectivity index (χ0n) is 18.2. The average Bonchev–Trinajstić information content (AvgIpc) is 3.11. The number of rotatable bonds is 10. The minimum absolute atomic E-state index is 0.223. The molecule has 7 nitrogen and oxygen atoms in total. The lowest BCUT2D eigenvalue weighted by Gasteiger charge is -2.17. The second-order valence-corrected chi connectivity index (χ2v) is 7.79. The van der Waals surface area contributed by atoms with Gasteiger partial charge in [-0.25, -0.2) is 4.98 Å². The topological polar surface area (TPSA) is 89.0 Å². The van der Waals surface area contributed by atoms with Gasteiger partial charge in [0.1, 0.15) is 11.2 Å². The third kappa shape index (κ3) is 5.10. The molecule has 0 atom stereocenters. The average molecular weight is 445 g/mol. The van der Waals surface area contributed by atoms with Crippen LogP contribution >= 0.6 is 11.6 Å². The maximum absolute atomic E-state index is 12.2. The summed E-state index contributed by atoms with van der Waals surface area (Å²) in [5.41, 5.74) is 2.96. The van der Waals surface area contributed by atoms with Gasteiger partial charge >= 0.3 is 5.97 Å². The van der Waals surface area contributed by atoms with Gasteiger partial charge in [-0.3, -0.25) is 9.59 Å². The number of hydrogen-bond donors (Lipinski definition) is 2. The van der Waals surface area contributed by atoms with E-state index in [1.807, 2.05) is 10.6 Å². The first-order chi connectivity index (χ1) is 15.0. The number of fused-ring (bicyclic) bond motifs is 1. The Morgan fingerprint density at radius 1 is 1.26 bits per heavy atom. The third-order valence-corrected chi connectivity index (χ3v) is 5.74. The maximum Gasteiger partial charge on any atom is 0.305 e. The summed E-state index contributed by atoms with van der Waals surface area (Å²) in [5.74, 6) is 0.656. The number of carbonyl (C=O) groups excluding carboxylic acids is 1. The van der Waals surface area contributed by atoms with Crippen molar-refractivity contribution in [2.75, 3.05) is 11.9 Å². The van der Waals surface area contributed by atoms with Gasteiger partial charge in [-0.15, -0.1) is 0 Å². The fraction of sp³-hybridized carbons (Fsp3) is 0.435. The van der Waals surface area contributed by atoms with E-state index in [-0.39, 0.29) is 11.5 Å².